The molecule has 0 aliphatic carbocycles. The molecule has 1 fully saturated rings. The van der Waals surface area contributed by atoms with E-state index < -0.39 is 0 Å². The number of allylic oxidation sites excluding steroid dienone is 1. The fourth-order valence-corrected chi connectivity index (χ4v) is 3.30. The summed E-state index contributed by atoms with van der Waals surface area (Å²) < 4.78 is 12.0. The molecule has 1 aliphatic heterocycles. The van der Waals surface area contributed by atoms with Gasteiger partial charge in [-0.2, -0.15) is 19.5 Å². The molecule has 0 radical (unpaired) electrons. The Morgan fingerprint density at radius 3 is 2.69 bits per heavy atom. The molecule has 3 aromatic rings. The van der Waals surface area contributed by atoms with Crippen LogP contribution in [0.15, 0.2) is 30.3 Å². The second-order valence-corrected chi connectivity index (χ2v) is 6.99. The average Bonchev–Trinajstić information content (AvgIpc) is 3.48. The molecular formula is C22H32N8O2. The van der Waals surface area contributed by atoms with Crippen LogP contribution in [0.25, 0.3) is 11.5 Å². The summed E-state index contributed by atoms with van der Waals surface area (Å²) in [7, 11) is 1.56. The summed E-state index contributed by atoms with van der Waals surface area (Å²) in [5.41, 5.74) is 8.34. The average molecular weight is 441 g/mol. The fraction of sp³-hybridized carbons (Fsp3) is 0.455. The van der Waals surface area contributed by atoms with Crippen LogP contribution in [0.2, 0.25) is 0 Å². The molecule has 0 saturated carbocycles. The van der Waals surface area contributed by atoms with Gasteiger partial charge in [-0.15, -0.1) is 5.10 Å². The van der Waals surface area contributed by atoms with Crippen LogP contribution in [0.1, 0.15) is 38.6 Å². The molecule has 10 nitrogen and oxygen atoms in total. The number of hydrogen-bond donors (Lipinski definition) is 3. The van der Waals surface area contributed by atoms with E-state index in [1.807, 2.05) is 20.8 Å². The van der Waals surface area contributed by atoms with Gasteiger partial charge in [-0.25, -0.2) is 0 Å². The van der Waals surface area contributed by atoms with Crippen LogP contribution in [-0.4, -0.2) is 57.5 Å². The first kappa shape index (κ1) is 23.3. The molecule has 172 valence electrons. The molecular weight excluding hydrogens is 408 g/mol. The predicted octanol–water partition coefficient (Wildman–Crippen LogP) is 2.99. The number of nitrogens with zero attached hydrogens (tertiary/aromatic N) is 5. The number of methoxy groups -OCH3 is 1. The van der Waals surface area contributed by atoms with Gasteiger partial charge in [-0.05, 0) is 43.5 Å². The van der Waals surface area contributed by atoms with Crippen molar-refractivity contribution >= 4 is 29.1 Å². The van der Waals surface area contributed by atoms with Gasteiger partial charge in [0.2, 0.25) is 17.7 Å². The lowest BCUT2D eigenvalue weighted by molar-refractivity contribution is 0.195. The van der Waals surface area contributed by atoms with Crippen molar-refractivity contribution in [2.75, 3.05) is 43.2 Å². The third-order valence-electron chi connectivity index (χ3n) is 4.89. The van der Waals surface area contributed by atoms with Gasteiger partial charge in [0.25, 0.3) is 5.78 Å². The van der Waals surface area contributed by atoms with Crippen LogP contribution in [0.3, 0.4) is 0 Å². The van der Waals surface area contributed by atoms with E-state index in [9.17, 15) is 0 Å². The Morgan fingerprint density at radius 2 is 2.03 bits per heavy atom. The standard InChI is InChI=1S/C20H26N8O2.C2H6/c1-3-16(29-2)17-24-20-26-19(25-18(21)28(20)27-17)22-10-8-13-4-6-14(7-5-13)23-15-9-11-30-12-15;1-2/h3-7,15,23H,8-12H2,1-2H3,(H3,21,22,24,25,26,27);1-2H3/b16-3-;. The summed E-state index contributed by atoms with van der Waals surface area (Å²) in [5.74, 6) is 1.95. The number of benzene rings is 1. The number of nitrogens with two attached hydrogens (primary N) is 1. The number of rotatable bonds is 8. The number of aromatic nitrogens is 5. The van der Waals surface area contributed by atoms with Crippen LogP contribution in [-0.2, 0) is 15.9 Å². The van der Waals surface area contributed by atoms with Crippen molar-refractivity contribution in [3.63, 3.8) is 0 Å². The zero-order valence-electron chi connectivity index (χ0n) is 19.1. The summed E-state index contributed by atoms with van der Waals surface area (Å²) in [6.45, 7) is 8.11. The van der Waals surface area contributed by atoms with Crippen molar-refractivity contribution in [1.29, 1.82) is 0 Å². The molecule has 0 amide bonds. The smallest absolute Gasteiger partial charge is 0.259 e. The quantitative estimate of drug-likeness (QED) is 0.453. The van der Waals surface area contributed by atoms with E-state index in [0.717, 1.165) is 31.7 Å². The minimum atomic E-state index is 0.208. The Bertz CT molecular complexity index is 1030. The maximum atomic E-state index is 6.01. The van der Waals surface area contributed by atoms with E-state index in [1.165, 1.54) is 10.1 Å². The summed E-state index contributed by atoms with van der Waals surface area (Å²) in [4.78, 5) is 13.0. The molecule has 1 aromatic carbocycles. The molecule has 4 N–H and O–H groups in total. The van der Waals surface area contributed by atoms with Gasteiger partial charge in [-0.1, -0.05) is 26.0 Å². The van der Waals surface area contributed by atoms with Crippen LogP contribution < -0.4 is 16.4 Å². The zero-order valence-corrected chi connectivity index (χ0v) is 19.1. The van der Waals surface area contributed by atoms with Crippen LogP contribution in [0.4, 0.5) is 17.6 Å². The van der Waals surface area contributed by atoms with Gasteiger partial charge >= 0.3 is 0 Å². The van der Waals surface area contributed by atoms with E-state index >= 15 is 0 Å². The molecule has 4 rings (SSSR count). The highest BCUT2D eigenvalue weighted by molar-refractivity contribution is 5.55. The Kier molecular flexibility index (Phi) is 8.20. The largest absolute Gasteiger partial charge is 0.493 e. The summed E-state index contributed by atoms with van der Waals surface area (Å²) in [6, 6.07) is 8.83. The molecule has 2 aromatic heterocycles. The molecule has 1 aliphatic rings. The number of nitrogen functional groups attached to an aromatic ring is 1. The molecule has 1 saturated heterocycles. The SMILES string of the molecule is C/C=C(\OC)c1nc2nc(NCCc3ccc(NC4CCOC4)cc3)nc(N)n2n1.CC. The Balaban J connectivity index is 0.00000141. The fourth-order valence-electron chi connectivity index (χ4n) is 3.30. The zero-order chi connectivity index (χ0) is 22.9. The van der Waals surface area contributed by atoms with Gasteiger partial charge in [0.1, 0.15) is 0 Å². The second kappa shape index (κ2) is 11.3. The highest BCUT2D eigenvalue weighted by Crippen LogP contribution is 2.16. The maximum Gasteiger partial charge on any atom is 0.259 e. The Labute approximate surface area is 188 Å². The minimum absolute atomic E-state index is 0.208. The molecule has 10 heteroatoms. The number of nitrogens with one attached hydrogen (secondary N) is 2. The third kappa shape index (κ3) is 5.64. The maximum absolute atomic E-state index is 6.01. The molecule has 1 unspecified atom stereocenters. The van der Waals surface area contributed by atoms with E-state index in [4.69, 9.17) is 15.2 Å². The summed E-state index contributed by atoms with van der Waals surface area (Å²) in [5, 5.41) is 11.0. The third-order valence-corrected chi connectivity index (χ3v) is 4.89. The molecule has 0 spiro atoms. The number of ether oxygens (including phenoxy) is 2. The molecule has 1 atom stereocenters. The lowest BCUT2D eigenvalue weighted by Crippen LogP contribution is -2.18. The van der Waals surface area contributed by atoms with Gasteiger partial charge in [0.05, 0.1) is 19.8 Å². The van der Waals surface area contributed by atoms with Crippen LogP contribution >= 0.6 is 0 Å². The second-order valence-electron chi connectivity index (χ2n) is 6.99. The number of anilines is 3. The first-order valence-corrected chi connectivity index (χ1v) is 10.9. The van der Waals surface area contributed by atoms with Crippen molar-refractivity contribution in [3.8, 4) is 0 Å². The monoisotopic (exact) mass is 440 g/mol. The lowest BCUT2D eigenvalue weighted by Gasteiger charge is -2.12. The number of hydrogen-bond acceptors (Lipinski definition) is 9. The lowest BCUT2D eigenvalue weighted by atomic mass is 10.1. The van der Waals surface area contributed by atoms with Crippen molar-refractivity contribution in [3.05, 3.63) is 41.7 Å². The van der Waals surface area contributed by atoms with Gasteiger partial charge in [-0.3, -0.25) is 0 Å². The van der Waals surface area contributed by atoms with Gasteiger partial charge in [0, 0.05) is 18.8 Å². The van der Waals surface area contributed by atoms with Crippen molar-refractivity contribution in [2.24, 2.45) is 0 Å². The first-order valence-electron chi connectivity index (χ1n) is 10.9. The predicted molar refractivity (Wildman–Crippen MR) is 126 cm³/mol. The van der Waals surface area contributed by atoms with Gasteiger partial charge in [0.15, 0.2) is 5.76 Å². The molecule has 0 bridgehead atoms. The minimum Gasteiger partial charge on any atom is -0.493 e. The first-order chi connectivity index (χ1) is 15.7. The van der Waals surface area contributed by atoms with Crippen molar-refractivity contribution in [2.45, 2.75) is 39.7 Å². The topological polar surface area (TPSA) is 125 Å². The van der Waals surface area contributed by atoms with Crippen molar-refractivity contribution < 1.29 is 9.47 Å². The highest BCUT2D eigenvalue weighted by Gasteiger charge is 2.15. The van der Waals surface area contributed by atoms with Crippen LogP contribution in [0.5, 0.6) is 0 Å². The van der Waals surface area contributed by atoms with E-state index in [0.29, 0.717) is 35.9 Å². The van der Waals surface area contributed by atoms with E-state index in [1.54, 1.807) is 13.2 Å². The van der Waals surface area contributed by atoms with Crippen LogP contribution in [0, 0.1) is 0 Å². The molecule has 32 heavy (non-hydrogen) atoms. The normalized spacial score (nSPS) is 15.9. The van der Waals surface area contributed by atoms with Crippen molar-refractivity contribution in [1.82, 2.24) is 24.6 Å². The van der Waals surface area contributed by atoms with E-state index in [2.05, 4.69) is 54.9 Å². The summed E-state index contributed by atoms with van der Waals surface area (Å²) >= 11 is 0. The Morgan fingerprint density at radius 1 is 1.25 bits per heavy atom. The highest BCUT2D eigenvalue weighted by atomic mass is 16.5. The Hall–Kier alpha value is -3.40. The van der Waals surface area contributed by atoms with E-state index in [-0.39, 0.29) is 5.95 Å². The molecule has 3 heterocycles. The number of fused-ring (bicyclic) bond motifs is 1. The van der Waals surface area contributed by atoms with Gasteiger partial charge < -0.3 is 25.8 Å². The summed E-state index contributed by atoms with van der Waals surface area (Å²) in [6.07, 6.45) is 3.65.